The molecule has 1 atom stereocenters. The van der Waals surface area contributed by atoms with Crippen LogP contribution in [-0.2, 0) is 16.0 Å². The van der Waals surface area contributed by atoms with Crippen molar-refractivity contribution in [1.29, 1.82) is 0 Å². The molecule has 3 N–H and O–H groups in total. The standard InChI is InChI=1S/C16H26N6O2/c1-10-12(11(2)20-16(17)19-10)5-6-14(23)22-8-7-21(4)9-13(22)15(24)18-3/h13H,5-9H2,1-4H3,(H,18,24)(H2,17,19,20). The van der Waals surface area contributed by atoms with Crippen LogP contribution < -0.4 is 11.1 Å². The van der Waals surface area contributed by atoms with Crippen molar-refractivity contribution < 1.29 is 9.59 Å². The number of piperazine rings is 1. The molecule has 8 nitrogen and oxygen atoms in total. The summed E-state index contributed by atoms with van der Waals surface area (Å²) in [6.45, 7) is 5.61. The van der Waals surface area contributed by atoms with E-state index < -0.39 is 6.04 Å². The van der Waals surface area contributed by atoms with Gasteiger partial charge in [-0.1, -0.05) is 0 Å². The molecule has 0 saturated carbocycles. The van der Waals surface area contributed by atoms with Crippen LogP contribution in [0.2, 0.25) is 0 Å². The number of nitrogens with two attached hydrogens (primary N) is 1. The Hall–Kier alpha value is -2.22. The minimum absolute atomic E-state index is 0.0210. The highest BCUT2D eigenvalue weighted by atomic mass is 16.2. The molecule has 0 aliphatic carbocycles. The summed E-state index contributed by atoms with van der Waals surface area (Å²) in [5.41, 5.74) is 8.18. The molecule has 1 unspecified atom stereocenters. The van der Waals surface area contributed by atoms with Gasteiger partial charge in [-0.05, 0) is 32.9 Å². The normalized spacial score (nSPS) is 18.5. The number of anilines is 1. The molecule has 1 aliphatic heterocycles. The summed E-state index contributed by atoms with van der Waals surface area (Å²) in [5.74, 6) is 0.101. The van der Waals surface area contributed by atoms with Gasteiger partial charge in [0, 0.05) is 44.5 Å². The first-order chi connectivity index (χ1) is 11.3. The highest BCUT2D eigenvalue weighted by molar-refractivity contribution is 5.88. The van der Waals surface area contributed by atoms with E-state index in [1.54, 1.807) is 11.9 Å². The van der Waals surface area contributed by atoms with Gasteiger partial charge < -0.3 is 20.9 Å². The number of amides is 2. The van der Waals surface area contributed by atoms with Crippen LogP contribution in [0.15, 0.2) is 0 Å². The maximum absolute atomic E-state index is 12.7. The van der Waals surface area contributed by atoms with Gasteiger partial charge in [0.2, 0.25) is 17.8 Å². The average molecular weight is 334 g/mol. The van der Waals surface area contributed by atoms with Crippen LogP contribution in [0.5, 0.6) is 0 Å². The van der Waals surface area contributed by atoms with Crippen LogP contribution in [0.4, 0.5) is 5.95 Å². The Morgan fingerprint density at radius 2 is 1.88 bits per heavy atom. The van der Waals surface area contributed by atoms with E-state index in [9.17, 15) is 9.59 Å². The quantitative estimate of drug-likeness (QED) is 0.769. The molecule has 1 saturated heterocycles. The number of hydrogen-bond acceptors (Lipinski definition) is 6. The Morgan fingerprint density at radius 1 is 1.25 bits per heavy atom. The molecule has 8 heteroatoms. The number of aryl methyl sites for hydroxylation is 2. The summed E-state index contributed by atoms with van der Waals surface area (Å²) < 4.78 is 0. The maximum Gasteiger partial charge on any atom is 0.243 e. The molecule has 2 amide bonds. The number of nitrogens with one attached hydrogen (secondary N) is 1. The number of nitrogens with zero attached hydrogens (tertiary/aromatic N) is 4. The first-order valence-electron chi connectivity index (χ1n) is 8.12. The van der Waals surface area contributed by atoms with Gasteiger partial charge in [-0.15, -0.1) is 0 Å². The molecule has 2 heterocycles. The molecule has 132 valence electrons. The van der Waals surface area contributed by atoms with Crippen molar-refractivity contribution in [3.05, 3.63) is 17.0 Å². The van der Waals surface area contributed by atoms with Gasteiger partial charge in [0.25, 0.3) is 0 Å². The average Bonchev–Trinajstić information content (AvgIpc) is 2.52. The Kier molecular flexibility index (Phi) is 5.71. The fourth-order valence-corrected chi connectivity index (χ4v) is 3.11. The topological polar surface area (TPSA) is 104 Å². The van der Waals surface area contributed by atoms with Gasteiger partial charge in [-0.25, -0.2) is 9.97 Å². The lowest BCUT2D eigenvalue weighted by Crippen LogP contribution is -2.59. The first kappa shape index (κ1) is 18.1. The molecule has 24 heavy (non-hydrogen) atoms. The molecular formula is C16H26N6O2. The van der Waals surface area contributed by atoms with Gasteiger partial charge in [0.15, 0.2) is 0 Å². The SMILES string of the molecule is CNC(=O)C1CN(C)CCN1C(=O)CCc1c(C)nc(N)nc1C. The van der Waals surface area contributed by atoms with Crippen molar-refractivity contribution in [2.24, 2.45) is 0 Å². The minimum Gasteiger partial charge on any atom is -0.368 e. The second-order valence-corrected chi connectivity index (χ2v) is 6.21. The zero-order valence-electron chi connectivity index (χ0n) is 14.8. The predicted molar refractivity (Wildman–Crippen MR) is 91.3 cm³/mol. The number of hydrogen-bond donors (Lipinski definition) is 2. The summed E-state index contributed by atoms with van der Waals surface area (Å²) in [6, 6.07) is -0.439. The van der Waals surface area contributed by atoms with Gasteiger partial charge in [-0.2, -0.15) is 0 Å². The molecule has 1 aromatic rings. The van der Waals surface area contributed by atoms with Crippen LogP contribution in [0.1, 0.15) is 23.4 Å². The lowest BCUT2D eigenvalue weighted by atomic mass is 10.0. The first-order valence-corrected chi connectivity index (χ1v) is 8.12. The second kappa shape index (κ2) is 7.57. The zero-order chi connectivity index (χ0) is 17.9. The molecule has 1 aromatic heterocycles. The molecule has 0 spiro atoms. The van der Waals surface area contributed by atoms with Crippen molar-refractivity contribution >= 4 is 17.8 Å². The summed E-state index contributed by atoms with van der Waals surface area (Å²) in [5, 5.41) is 2.64. The van der Waals surface area contributed by atoms with Crippen LogP contribution in [-0.4, -0.2) is 71.4 Å². The lowest BCUT2D eigenvalue weighted by molar-refractivity contribution is -0.143. The molecule has 1 aliphatic rings. The minimum atomic E-state index is -0.439. The van der Waals surface area contributed by atoms with Crippen molar-refractivity contribution in [2.75, 3.05) is 39.5 Å². The number of aromatic nitrogens is 2. The third-order valence-electron chi connectivity index (χ3n) is 4.48. The van der Waals surface area contributed by atoms with E-state index in [4.69, 9.17) is 5.73 Å². The molecule has 0 bridgehead atoms. The molecule has 0 radical (unpaired) electrons. The Bertz CT molecular complexity index is 610. The van der Waals surface area contributed by atoms with E-state index in [0.29, 0.717) is 25.9 Å². The Labute approximate surface area is 142 Å². The Balaban J connectivity index is 2.07. The maximum atomic E-state index is 12.7. The second-order valence-electron chi connectivity index (χ2n) is 6.21. The predicted octanol–water partition coefficient (Wildman–Crippen LogP) is -0.503. The monoisotopic (exact) mass is 334 g/mol. The van der Waals surface area contributed by atoms with Crippen molar-refractivity contribution in [1.82, 2.24) is 25.1 Å². The molecule has 1 fully saturated rings. The largest absolute Gasteiger partial charge is 0.368 e. The van der Waals surface area contributed by atoms with Gasteiger partial charge in [-0.3, -0.25) is 9.59 Å². The smallest absolute Gasteiger partial charge is 0.243 e. The van der Waals surface area contributed by atoms with E-state index in [0.717, 1.165) is 23.5 Å². The number of carbonyl (C=O) groups excluding carboxylic acids is 2. The van der Waals surface area contributed by atoms with Crippen molar-refractivity contribution in [2.45, 2.75) is 32.7 Å². The lowest BCUT2D eigenvalue weighted by Gasteiger charge is -2.39. The van der Waals surface area contributed by atoms with Crippen LogP contribution in [0.25, 0.3) is 0 Å². The fraction of sp³-hybridized carbons (Fsp3) is 0.625. The summed E-state index contributed by atoms with van der Waals surface area (Å²) in [7, 11) is 3.55. The highest BCUT2D eigenvalue weighted by Gasteiger charge is 2.33. The highest BCUT2D eigenvalue weighted by Crippen LogP contribution is 2.16. The van der Waals surface area contributed by atoms with E-state index in [2.05, 4.69) is 20.2 Å². The van der Waals surface area contributed by atoms with E-state index in [1.165, 1.54) is 0 Å². The number of nitrogen functional groups attached to an aromatic ring is 1. The molecular weight excluding hydrogens is 308 g/mol. The summed E-state index contributed by atoms with van der Waals surface area (Å²) >= 11 is 0. The van der Waals surface area contributed by atoms with Crippen LogP contribution in [0.3, 0.4) is 0 Å². The van der Waals surface area contributed by atoms with E-state index >= 15 is 0 Å². The van der Waals surface area contributed by atoms with Crippen molar-refractivity contribution in [3.8, 4) is 0 Å². The summed E-state index contributed by atoms with van der Waals surface area (Å²) in [6.07, 6.45) is 0.871. The molecule has 0 aromatic carbocycles. The van der Waals surface area contributed by atoms with E-state index in [-0.39, 0.29) is 17.8 Å². The zero-order valence-corrected chi connectivity index (χ0v) is 14.8. The third kappa shape index (κ3) is 4.00. The fourth-order valence-electron chi connectivity index (χ4n) is 3.11. The van der Waals surface area contributed by atoms with E-state index in [1.807, 2.05) is 20.9 Å². The Morgan fingerprint density at radius 3 is 2.46 bits per heavy atom. The number of likely N-dealkylation sites (N-methyl/N-ethyl adjacent to an activating group) is 2. The number of rotatable bonds is 4. The third-order valence-corrected chi connectivity index (χ3v) is 4.48. The summed E-state index contributed by atoms with van der Waals surface area (Å²) in [4.78, 5) is 36.8. The van der Waals surface area contributed by atoms with Gasteiger partial charge in [0.05, 0.1) is 0 Å². The van der Waals surface area contributed by atoms with Crippen molar-refractivity contribution in [3.63, 3.8) is 0 Å². The van der Waals surface area contributed by atoms with Gasteiger partial charge >= 0.3 is 0 Å². The van der Waals surface area contributed by atoms with Crippen LogP contribution >= 0.6 is 0 Å². The molecule has 2 rings (SSSR count). The number of carbonyl (C=O) groups is 2. The van der Waals surface area contributed by atoms with Gasteiger partial charge in [0.1, 0.15) is 6.04 Å². The van der Waals surface area contributed by atoms with Crippen LogP contribution in [0, 0.1) is 13.8 Å².